The van der Waals surface area contributed by atoms with Gasteiger partial charge < -0.3 is 15.0 Å². The molecule has 0 spiro atoms. The van der Waals surface area contributed by atoms with E-state index in [2.05, 4.69) is 10.1 Å². The Kier molecular flexibility index (Phi) is 3.34. The number of nitrogen functional groups attached to an aromatic ring is 1. The summed E-state index contributed by atoms with van der Waals surface area (Å²) < 4.78 is 10.5. The Morgan fingerprint density at radius 2 is 1.94 bits per heavy atom. The first kappa shape index (κ1) is 12.6. The summed E-state index contributed by atoms with van der Waals surface area (Å²) in [4.78, 5) is 4.34. The van der Waals surface area contributed by atoms with Crippen molar-refractivity contribution in [2.24, 2.45) is 0 Å². The quantitative estimate of drug-likeness (QED) is 0.839. The molecule has 0 aliphatic heterocycles. The first-order valence-corrected chi connectivity index (χ1v) is 5.74. The molecule has 1 aromatic carbocycles. The molecule has 0 radical (unpaired) electrons. The molecule has 5 heteroatoms. The lowest BCUT2D eigenvalue weighted by Gasteiger charge is -2.19. The van der Waals surface area contributed by atoms with Gasteiger partial charge in [0.1, 0.15) is 0 Å². The standard InChI is InChI=1S/C13H17N3O2/c1-13(2,17-3)8-11-15-12(16-18-11)9-4-6-10(14)7-5-9/h4-7H,8,14H2,1-3H3. The van der Waals surface area contributed by atoms with Crippen molar-refractivity contribution in [2.45, 2.75) is 25.9 Å². The van der Waals surface area contributed by atoms with Gasteiger partial charge >= 0.3 is 0 Å². The minimum atomic E-state index is -0.315. The van der Waals surface area contributed by atoms with Crippen LogP contribution in [0.1, 0.15) is 19.7 Å². The van der Waals surface area contributed by atoms with E-state index in [-0.39, 0.29) is 5.60 Å². The smallest absolute Gasteiger partial charge is 0.229 e. The molecule has 0 atom stereocenters. The van der Waals surface area contributed by atoms with Gasteiger partial charge in [0, 0.05) is 18.4 Å². The first-order valence-electron chi connectivity index (χ1n) is 5.74. The highest BCUT2D eigenvalue weighted by Crippen LogP contribution is 2.20. The molecule has 2 rings (SSSR count). The molecule has 96 valence electrons. The number of aromatic nitrogens is 2. The highest BCUT2D eigenvalue weighted by Gasteiger charge is 2.21. The Morgan fingerprint density at radius 3 is 2.56 bits per heavy atom. The molecule has 0 aliphatic carbocycles. The summed E-state index contributed by atoms with van der Waals surface area (Å²) >= 11 is 0. The van der Waals surface area contributed by atoms with Crippen molar-refractivity contribution < 1.29 is 9.26 Å². The number of rotatable bonds is 4. The van der Waals surface area contributed by atoms with Crippen LogP contribution in [0.5, 0.6) is 0 Å². The number of nitrogens with zero attached hydrogens (tertiary/aromatic N) is 2. The fourth-order valence-electron chi connectivity index (χ4n) is 1.51. The third kappa shape index (κ3) is 2.87. The van der Waals surface area contributed by atoms with Crippen molar-refractivity contribution in [1.82, 2.24) is 10.1 Å². The van der Waals surface area contributed by atoms with Crippen LogP contribution < -0.4 is 5.73 Å². The maximum absolute atomic E-state index is 5.63. The van der Waals surface area contributed by atoms with Gasteiger partial charge in [-0.05, 0) is 38.1 Å². The normalized spacial score (nSPS) is 11.7. The van der Waals surface area contributed by atoms with Gasteiger partial charge in [-0.25, -0.2) is 0 Å². The van der Waals surface area contributed by atoms with E-state index in [1.54, 1.807) is 7.11 Å². The molecular formula is C13H17N3O2. The van der Waals surface area contributed by atoms with E-state index in [0.29, 0.717) is 23.8 Å². The number of hydrogen-bond acceptors (Lipinski definition) is 5. The lowest BCUT2D eigenvalue weighted by molar-refractivity contribution is 0.0170. The summed E-state index contributed by atoms with van der Waals surface area (Å²) in [6.07, 6.45) is 0.575. The van der Waals surface area contributed by atoms with Gasteiger partial charge in [0.2, 0.25) is 11.7 Å². The Balaban J connectivity index is 2.18. The van der Waals surface area contributed by atoms with E-state index < -0.39 is 0 Å². The van der Waals surface area contributed by atoms with Gasteiger partial charge in [0.25, 0.3) is 0 Å². The zero-order valence-electron chi connectivity index (χ0n) is 10.8. The summed E-state index contributed by atoms with van der Waals surface area (Å²) in [5, 5.41) is 3.95. The van der Waals surface area contributed by atoms with E-state index in [4.69, 9.17) is 15.0 Å². The van der Waals surface area contributed by atoms with E-state index in [1.165, 1.54) is 0 Å². The van der Waals surface area contributed by atoms with Gasteiger partial charge in [0.05, 0.1) is 12.0 Å². The van der Waals surface area contributed by atoms with Crippen LogP contribution in [0.25, 0.3) is 11.4 Å². The lowest BCUT2D eigenvalue weighted by atomic mass is 10.1. The van der Waals surface area contributed by atoms with Crippen LogP contribution >= 0.6 is 0 Å². The van der Waals surface area contributed by atoms with Gasteiger partial charge in [-0.2, -0.15) is 4.98 Å². The number of benzene rings is 1. The van der Waals surface area contributed by atoms with Crippen molar-refractivity contribution in [3.8, 4) is 11.4 Å². The summed E-state index contributed by atoms with van der Waals surface area (Å²) in [6.45, 7) is 3.94. The molecule has 5 nitrogen and oxygen atoms in total. The van der Waals surface area contributed by atoms with Gasteiger partial charge in [0.15, 0.2) is 0 Å². The van der Waals surface area contributed by atoms with Crippen molar-refractivity contribution >= 4 is 5.69 Å². The molecule has 0 unspecified atom stereocenters. The number of nitrogens with two attached hydrogens (primary N) is 1. The zero-order chi connectivity index (χ0) is 13.2. The number of ether oxygens (including phenoxy) is 1. The van der Waals surface area contributed by atoms with E-state index in [0.717, 1.165) is 5.56 Å². The molecule has 0 saturated carbocycles. The molecule has 0 fully saturated rings. The molecule has 2 aromatic rings. The van der Waals surface area contributed by atoms with Crippen LogP contribution in [0.4, 0.5) is 5.69 Å². The average molecular weight is 247 g/mol. The Hall–Kier alpha value is -1.88. The van der Waals surface area contributed by atoms with E-state index in [1.807, 2.05) is 38.1 Å². The van der Waals surface area contributed by atoms with Crippen molar-refractivity contribution in [1.29, 1.82) is 0 Å². The topological polar surface area (TPSA) is 74.2 Å². The maximum atomic E-state index is 5.63. The first-order chi connectivity index (χ1) is 8.50. The summed E-state index contributed by atoms with van der Waals surface area (Å²) in [7, 11) is 1.66. The largest absolute Gasteiger partial charge is 0.399 e. The van der Waals surface area contributed by atoms with Crippen LogP contribution in [0.2, 0.25) is 0 Å². The Bertz CT molecular complexity index is 517. The zero-order valence-corrected chi connectivity index (χ0v) is 10.8. The second kappa shape index (κ2) is 4.78. The summed E-state index contributed by atoms with van der Waals surface area (Å²) in [5.41, 5.74) is 6.91. The van der Waals surface area contributed by atoms with Crippen LogP contribution in [0.15, 0.2) is 28.8 Å². The molecule has 0 amide bonds. The maximum Gasteiger partial charge on any atom is 0.229 e. The molecule has 1 heterocycles. The molecule has 0 saturated heterocycles. The van der Waals surface area contributed by atoms with E-state index in [9.17, 15) is 0 Å². The number of methoxy groups -OCH3 is 1. The molecule has 0 bridgehead atoms. The van der Waals surface area contributed by atoms with Crippen LogP contribution in [-0.4, -0.2) is 22.9 Å². The predicted molar refractivity (Wildman–Crippen MR) is 68.9 cm³/mol. The Labute approximate surface area is 106 Å². The highest BCUT2D eigenvalue weighted by molar-refractivity contribution is 5.57. The second-order valence-corrected chi connectivity index (χ2v) is 4.77. The average Bonchev–Trinajstić information content (AvgIpc) is 2.78. The Morgan fingerprint density at radius 1 is 1.28 bits per heavy atom. The molecule has 0 aliphatic rings. The molecular weight excluding hydrogens is 230 g/mol. The van der Waals surface area contributed by atoms with Gasteiger partial charge in [-0.3, -0.25) is 0 Å². The van der Waals surface area contributed by atoms with Crippen molar-refractivity contribution in [3.63, 3.8) is 0 Å². The monoisotopic (exact) mass is 247 g/mol. The fourth-order valence-corrected chi connectivity index (χ4v) is 1.51. The lowest BCUT2D eigenvalue weighted by Crippen LogP contribution is -2.25. The second-order valence-electron chi connectivity index (χ2n) is 4.77. The molecule has 1 aromatic heterocycles. The number of hydrogen-bond donors (Lipinski definition) is 1. The SMILES string of the molecule is COC(C)(C)Cc1nc(-c2ccc(N)cc2)no1. The van der Waals surface area contributed by atoms with Crippen LogP contribution in [0.3, 0.4) is 0 Å². The van der Waals surface area contributed by atoms with Gasteiger partial charge in [-0.1, -0.05) is 5.16 Å². The molecule has 2 N–H and O–H groups in total. The summed E-state index contributed by atoms with van der Waals surface area (Å²) in [5.74, 6) is 1.13. The molecule has 18 heavy (non-hydrogen) atoms. The minimum Gasteiger partial charge on any atom is -0.399 e. The van der Waals surface area contributed by atoms with Crippen molar-refractivity contribution in [2.75, 3.05) is 12.8 Å². The highest BCUT2D eigenvalue weighted by atomic mass is 16.5. The van der Waals surface area contributed by atoms with E-state index >= 15 is 0 Å². The van der Waals surface area contributed by atoms with Crippen molar-refractivity contribution in [3.05, 3.63) is 30.2 Å². The van der Waals surface area contributed by atoms with Crippen LogP contribution in [-0.2, 0) is 11.2 Å². The third-order valence-corrected chi connectivity index (χ3v) is 2.77. The number of anilines is 1. The minimum absolute atomic E-state index is 0.315. The third-order valence-electron chi connectivity index (χ3n) is 2.77. The fraction of sp³-hybridized carbons (Fsp3) is 0.385. The summed E-state index contributed by atoms with van der Waals surface area (Å²) in [6, 6.07) is 7.35. The predicted octanol–water partition coefficient (Wildman–Crippen LogP) is 2.29. The van der Waals surface area contributed by atoms with Gasteiger partial charge in [-0.15, -0.1) is 0 Å². The van der Waals surface area contributed by atoms with Crippen LogP contribution in [0, 0.1) is 0 Å².